The molecule has 0 radical (unpaired) electrons. The van der Waals surface area contributed by atoms with E-state index in [1.165, 1.54) is 6.07 Å². The highest BCUT2D eigenvalue weighted by atomic mass is 32.2. The monoisotopic (exact) mass is 341 g/mol. The third-order valence-electron chi connectivity index (χ3n) is 3.08. The molecule has 0 amide bonds. The molecular formula is C15H11F2O5S-. The van der Waals surface area contributed by atoms with Crippen LogP contribution in [0.1, 0.15) is 12.0 Å². The van der Waals surface area contributed by atoms with Gasteiger partial charge in [0.05, 0.1) is 0 Å². The quantitative estimate of drug-likeness (QED) is 0.474. The highest BCUT2D eigenvalue weighted by Crippen LogP contribution is 2.30. The number of benzene rings is 2. The number of carbonyl (C=O) groups is 1. The number of ether oxygens (including phenoxy) is 1. The molecule has 0 bridgehead atoms. The Labute approximate surface area is 130 Å². The molecule has 2 rings (SSSR count). The lowest BCUT2D eigenvalue weighted by atomic mass is 10.0. The summed E-state index contributed by atoms with van der Waals surface area (Å²) in [6, 6.07) is 9.66. The Balaban J connectivity index is 2.33. The van der Waals surface area contributed by atoms with E-state index < -0.39 is 27.8 Å². The van der Waals surface area contributed by atoms with Crippen molar-refractivity contribution in [2.24, 2.45) is 0 Å². The highest BCUT2D eigenvalue weighted by Gasteiger charge is 2.41. The number of fused-ring (bicyclic) bond motifs is 1. The number of rotatable bonds is 5. The summed E-state index contributed by atoms with van der Waals surface area (Å²) >= 11 is 0. The lowest BCUT2D eigenvalue weighted by Gasteiger charge is -2.19. The van der Waals surface area contributed by atoms with Crippen LogP contribution in [0.4, 0.5) is 8.78 Å². The Hall–Kier alpha value is -2.32. The number of halogens is 2. The number of hydrogen-bond donors (Lipinski definition) is 0. The zero-order chi connectivity index (χ0) is 17.3. The first-order valence-corrected chi connectivity index (χ1v) is 7.74. The fourth-order valence-electron chi connectivity index (χ4n) is 1.99. The molecule has 0 atom stereocenters. The van der Waals surface area contributed by atoms with Crippen LogP contribution < -0.4 is 4.74 Å². The predicted molar refractivity (Wildman–Crippen MR) is 78.9 cm³/mol. The van der Waals surface area contributed by atoms with Crippen molar-refractivity contribution in [1.29, 1.82) is 0 Å². The van der Waals surface area contributed by atoms with E-state index in [0.29, 0.717) is 10.8 Å². The van der Waals surface area contributed by atoms with Gasteiger partial charge in [0.15, 0.2) is 10.1 Å². The van der Waals surface area contributed by atoms with E-state index in [0.717, 1.165) is 5.56 Å². The van der Waals surface area contributed by atoms with E-state index >= 15 is 0 Å². The molecular weight excluding hydrogens is 330 g/mol. The van der Waals surface area contributed by atoms with Gasteiger partial charge in [0.2, 0.25) is 0 Å². The molecule has 0 N–H and O–H groups in total. The second-order valence-electron chi connectivity index (χ2n) is 4.64. The second kappa shape index (κ2) is 6.05. The van der Waals surface area contributed by atoms with Crippen molar-refractivity contribution in [1.82, 2.24) is 0 Å². The summed E-state index contributed by atoms with van der Waals surface area (Å²) in [5, 5.41) is -3.58. The smallest absolute Gasteiger partial charge is 0.344 e. The number of hydrogen-bond acceptors (Lipinski definition) is 5. The minimum atomic E-state index is -5.94. The van der Waals surface area contributed by atoms with Crippen molar-refractivity contribution in [3.63, 3.8) is 0 Å². The summed E-state index contributed by atoms with van der Waals surface area (Å²) in [5.74, 6) is -1.54. The molecule has 122 valence electrons. The zero-order valence-corrected chi connectivity index (χ0v) is 12.5. The van der Waals surface area contributed by atoms with Crippen molar-refractivity contribution < 1.29 is 31.3 Å². The highest BCUT2D eigenvalue weighted by molar-refractivity contribution is 7.86. The van der Waals surface area contributed by atoms with Gasteiger partial charge in [0, 0.05) is 5.39 Å². The zero-order valence-electron chi connectivity index (χ0n) is 11.7. The van der Waals surface area contributed by atoms with Gasteiger partial charge >= 0.3 is 11.2 Å². The average Bonchev–Trinajstić information content (AvgIpc) is 2.45. The molecule has 2 aromatic rings. The fraction of sp³-hybridized carbons (Fsp3) is 0.133. The average molecular weight is 341 g/mol. The van der Waals surface area contributed by atoms with Gasteiger partial charge in [-0.15, -0.1) is 0 Å². The first-order chi connectivity index (χ1) is 10.7. The molecule has 0 saturated carbocycles. The van der Waals surface area contributed by atoms with Crippen molar-refractivity contribution in [2.45, 2.75) is 11.7 Å². The molecule has 0 spiro atoms. The van der Waals surface area contributed by atoms with Crippen LogP contribution in [0.3, 0.4) is 0 Å². The molecule has 5 nitrogen and oxygen atoms in total. The molecule has 0 saturated heterocycles. The van der Waals surface area contributed by atoms with Gasteiger partial charge in [-0.2, -0.15) is 8.78 Å². The van der Waals surface area contributed by atoms with E-state index in [9.17, 15) is 26.5 Å². The molecule has 0 aliphatic heterocycles. The van der Waals surface area contributed by atoms with Crippen LogP contribution in [0.15, 0.2) is 43.0 Å². The minimum Gasteiger partial charge on any atom is -0.743 e. The molecule has 0 aliphatic rings. The maximum absolute atomic E-state index is 13.1. The molecule has 23 heavy (non-hydrogen) atoms. The summed E-state index contributed by atoms with van der Waals surface area (Å²) < 4.78 is 62.2. The summed E-state index contributed by atoms with van der Waals surface area (Å²) in [5.41, 5.74) is 0.743. The Bertz CT molecular complexity index is 875. The Morgan fingerprint density at radius 1 is 1.22 bits per heavy atom. The topological polar surface area (TPSA) is 83.5 Å². The Morgan fingerprint density at radius 2 is 1.83 bits per heavy atom. The van der Waals surface area contributed by atoms with Gasteiger partial charge in [-0.05, 0) is 17.0 Å². The first-order valence-electron chi connectivity index (χ1n) is 6.34. The molecule has 0 aromatic heterocycles. The minimum absolute atomic E-state index is 0.0182. The van der Waals surface area contributed by atoms with Crippen molar-refractivity contribution in [2.75, 3.05) is 0 Å². The van der Waals surface area contributed by atoms with Crippen LogP contribution in [-0.2, 0) is 14.9 Å². The predicted octanol–water partition coefficient (Wildman–Crippen LogP) is 2.92. The van der Waals surface area contributed by atoms with Crippen molar-refractivity contribution in [3.05, 3.63) is 48.5 Å². The maximum atomic E-state index is 13.1. The normalized spacial score (nSPS) is 12.1. The third kappa shape index (κ3) is 3.54. The molecule has 0 unspecified atom stereocenters. The Kier molecular flexibility index (Phi) is 4.49. The number of alkyl halides is 2. The summed E-state index contributed by atoms with van der Waals surface area (Å²) in [6.07, 6.45) is -0.275. The molecule has 0 fully saturated rings. The van der Waals surface area contributed by atoms with Gasteiger partial charge in [-0.1, -0.05) is 43.0 Å². The van der Waals surface area contributed by atoms with Gasteiger partial charge in [0.1, 0.15) is 12.2 Å². The summed E-state index contributed by atoms with van der Waals surface area (Å²) in [6.45, 7) is 3.64. The SMILES string of the molecule is C=Cc1cccc2c(OC(=O)CC(F)(F)S(=O)(=O)[O-])cccc12. The number of carbonyl (C=O) groups excluding carboxylic acids is 1. The molecule has 2 aromatic carbocycles. The van der Waals surface area contributed by atoms with Gasteiger partial charge in [-0.25, -0.2) is 8.42 Å². The first kappa shape index (κ1) is 17.0. The lowest BCUT2D eigenvalue weighted by molar-refractivity contribution is -0.138. The van der Waals surface area contributed by atoms with Crippen LogP contribution in [-0.4, -0.2) is 24.2 Å². The standard InChI is InChI=1S/C15H12F2O5S/c1-2-10-5-3-7-12-11(10)6-4-8-13(12)22-14(18)9-15(16,17)23(19,20)21/h2-8H,1,9H2,(H,19,20,21)/p-1. The van der Waals surface area contributed by atoms with Crippen LogP contribution in [0.25, 0.3) is 16.8 Å². The maximum Gasteiger partial charge on any atom is 0.344 e. The Morgan fingerprint density at radius 3 is 2.43 bits per heavy atom. The van der Waals surface area contributed by atoms with Crippen LogP contribution in [0.2, 0.25) is 0 Å². The van der Waals surface area contributed by atoms with Crippen LogP contribution >= 0.6 is 0 Å². The van der Waals surface area contributed by atoms with Crippen molar-refractivity contribution in [3.8, 4) is 5.75 Å². The van der Waals surface area contributed by atoms with Gasteiger partial charge in [0.25, 0.3) is 0 Å². The van der Waals surface area contributed by atoms with E-state index in [2.05, 4.69) is 6.58 Å². The van der Waals surface area contributed by atoms with Crippen molar-refractivity contribution >= 4 is 32.9 Å². The van der Waals surface area contributed by atoms with Crippen LogP contribution in [0, 0.1) is 0 Å². The molecule has 0 heterocycles. The fourth-order valence-corrected chi connectivity index (χ4v) is 2.28. The third-order valence-corrected chi connectivity index (χ3v) is 3.95. The van der Waals surface area contributed by atoms with Gasteiger partial charge in [-0.3, -0.25) is 4.79 Å². The molecule has 0 aliphatic carbocycles. The van der Waals surface area contributed by atoms with E-state index in [1.807, 2.05) is 0 Å². The molecule has 8 heteroatoms. The second-order valence-corrected chi connectivity index (χ2v) is 6.15. The van der Waals surface area contributed by atoms with Gasteiger partial charge < -0.3 is 9.29 Å². The largest absolute Gasteiger partial charge is 0.743 e. The van der Waals surface area contributed by atoms with E-state index in [-0.39, 0.29) is 5.75 Å². The number of esters is 1. The van der Waals surface area contributed by atoms with E-state index in [1.54, 1.807) is 36.4 Å². The summed E-state index contributed by atoms with van der Waals surface area (Å²) in [7, 11) is -5.94. The van der Waals surface area contributed by atoms with E-state index in [4.69, 9.17) is 4.74 Å². The lowest BCUT2D eigenvalue weighted by Crippen LogP contribution is -2.32. The summed E-state index contributed by atoms with van der Waals surface area (Å²) in [4.78, 5) is 11.5. The van der Waals surface area contributed by atoms with Crippen LogP contribution in [0.5, 0.6) is 5.75 Å².